The minimum atomic E-state index is -0.0636. The molecule has 0 fully saturated rings. The number of allylic oxidation sites excluding steroid dienone is 1. The van der Waals surface area contributed by atoms with E-state index in [0.717, 1.165) is 32.1 Å². The van der Waals surface area contributed by atoms with Crippen LogP contribution >= 0.6 is 9.47 Å². The Bertz CT molecular complexity index is 352. The van der Waals surface area contributed by atoms with Gasteiger partial charge in [-0.25, -0.2) is 0 Å². The first kappa shape index (κ1) is 18.6. The second-order valence-corrected chi connectivity index (χ2v) is 7.01. The molecule has 0 N–H and O–H groups in total. The number of carbonyl (C=O) groups is 1. The summed E-state index contributed by atoms with van der Waals surface area (Å²) >= 11 is 0. The Morgan fingerprint density at radius 1 is 1.38 bits per heavy atom. The lowest BCUT2D eigenvalue weighted by Gasteiger charge is -2.22. The zero-order valence-electron chi connectivity index (χ0n) is 13.9. The summed E-state index contributed by atoms with van der Waals surface area (Å²) in [5, 5.41) is 0. The van der Waals surface area contributed by atoms with Crippen LogP contribution in [0.25, 0.3) is 0 Å². The van der Waals surface area contributed by atoms with Gasteiger partial charge in [0.15, 0.2) is 0 Å². The van der Waals surface area contributed by atoms with E-state index in [1.807, 2.05) is 0 Å². The van der Waals surface area contributed by atoms with Gasteiger partial charge in [0.05, 0.1) is 6.10 Å². The lowest BCUT2D eigenvalue weighted by molar-refractivity contribution is -0.148. The van der Waals surface area contributed by atoms with Crippen molar-refractivity contribution in [2.45, 2.75) is 78.4 Å². The van der Waals surface area contributed by atoms with Gasteiger partial charge >= 0.3 is 5.97 Å². The van der Waals surface area contributed by atoms with Gasteiger partial charge in [-0.15, -0.1) is 0 Å². The van der Waals surface area contributed by atoms with Gasteiger partial charge in [-0.05, 0) is 56.9 Å². The van der Waals surface area contributed by atoms with Gasteiger partial charge in [0.2, 0.25) is 0 Å². The van der Waals surface area contributed by atoms with Crippen molar-refractivity contribution in [3.8, 4) is 0 Å². The molecule has 0 aliphatic heterocycles. The Balaban J connectivity index is 2.28. The molecule has 0 aromatic heterocycles. The zero-order valence-corrected chi connectivity index (χ0v) is 15.1. The van der Waals surface area contributed by atoms with Crippen molar-refractivity contribution in [2.24, 2.45) is 11.8 Å². The topological polar surface area (TPSA) is 35.5 Å². The normalized spacial score (nSPS) is 21.8. The molecule has 4 heteroatoms. The molecule has 0 radical (unpaired) electrons. The molecule has 3 nitrogen and oxygen atoms in total. The van der Waals surface area contributed by atoms with Crippen LogP contribution in [-0.2, 0) is 14.1 Å². The van der Waals surface area contributed by atoms with E-state index in [2.05, 4.69) is 43.2 Å². The van der Waals surface area contributed by atoms with E-state index < -0.39 is 0 Å². The fraction of sp³-hybridized carbons (Fsp3) is 0.824. The molecule has 0 amide bonds. The summed E-state index contributed by atoms with van der Waals surface area (Å²) in [5.74, 6) is 0.774. The van der Waals surface area contributed by atoms with Crippen molar-refractivity contribution in [3.05, 3.63) is 11.6 Å². The van der Waals surface area contributed by atoms with Crippen LogP contribution in [0.2, 0.25) is 0 Å². The van der Waals surface area contributed by atoms with Gasteiger partial charge in [-0.1, -0.05) is 26.3 Å². The highest BCUT2D eigenvalue weighted by molar-refractivity contribution is 7.09. The molecule has 1 aliphatic carbocycles. The average Bonchev–Trinajstić information content (AvgIpc) is 2.38. The van der Waals surface area contributed by atoms with E-state index in [-0.39, 0.29) is 18.2 Å². The molecule has 1 rings (SSSR count). The molecule has 0 spiro atoms. The number of rotatable bonds is 8. The van der Waals surface area contributed by atoms with Gasteiger partial charge in [0.1, 0.15) is 6.10 Å². The monoisotopic (exact) mass is 314 g/mol. The summed E-state index contributed by atoms with van der Waals surface area (Å²) in [6.07, 6.45) is 8.05. The van der Waals surface area contributed by atoms with Crippen molar-refractivity contribution in [3.63, 3.8) is 0 Å². The Labute approximate surface area is 132 Å². The second-order valence-electron chi connectivity index (χ2n) is 6.74. The fourth-order valence-electron chi connectivity index (χ4n) is 2.77. The highest BCUT2D eigenvalue weighted by Crippen LogP contribution is 2.23. The van der Waals surface area contributed by atoms with Gasteiger partial charge in [-0.2, -0.15) is 0 Å². The largest absolute Gasteiger partial charge is 0.458 e. The van der Waals surface area contributed by atoms with Crippen LogP contribution in [-0.4, -0.2) is 18.2 Å². The third-order valence-electron chi connectivity index (χ3n) is 4.19. The minimum absolute atomic E-state index is 0.00256. The van der Waals surface area contributed by atoms with Crippen LogP contribution in [0.15, 0.2) is 11.6 Å². The molecule has 0 saturated carbocycles. The summed E-state index contributed by atoms with van der Waals surface area (Å²) in [6.45, 7) is 8.54. The van der Waals surface area contributed by atoms with Crippen LogP contribution < -0.4 is 0 Å². The van der Waals surface area contributed by atoms with E-state index in [4.69, 9.17) is 9.26 Å². The summed E-state index contributed by atoms with van der Waals surface area (Å²) in [6, 6.07) is 0. The summed E-state index contributed by atoms with van der Waals surface area (Å²) in [5.41, 5.74) is 1.34. The first-order valence-electron chi connectivity index (χ1n) is 8.14. The van der Waals surface area contributed by atoms with E-state index in [9.17, 15) is 4.79 Å². The Kier molecular flexibility index (Phi) is 8.51. The van der Waals surface area contributed by atoms with Gasteiger partial charge in [0, 0.05) is 15.9 Å². The molecule has 21 heavy (non-hydrogen) atoms. The van der Waals surface area contributed by atoms with Gasteiger partial charge < -0.3 is 9.26 Å². The van der Waals surface area contributed by atoms with E-state index in [0.29, 0.717) is 18.3 Å². The maximum atomic E-state index is 12.0. The maximum Gasteiger partial charge on any atom is 0.306 e. The van der Waals surface area contributed by atoms with Crippen LogP contribution in [0.1, 0.15) is 66.2 Å². The Morgan fingerprint density at radius 2 is 2.10 bits per heavy atom. The standard InChI is InChI=1S/C17H31O3P/c1-12(2)16(20-21)9-8-14(4)11-17(18)19-15-7-5-6-13(3)10-15/h10,12,14-16H,5-9,11,21H2,1-4H3/t14-,15?,16?/m1/s1. The number of carbonyl (C=O) groups excluding carboxylic acids is 1. The predicted octanol–water partition coefficient (Wildman–Crippen LogP) is 4.67. The Hall–Kier alpha value is -0.400. The molecule has 122 valence electrons. The van der Waals surface area contributed by atoms with Crippen molar-refractivity contribution in [1.29, 1.82) is 0 Å². The molecular formula is C17H31O3P. The van der Waals surface area contributed by atoms with Gasteiger partial charge in [0.25, 0.3) is 0 Å². The number of esters is 1. The molecule has 3 unspecified atom stereocenters. The van der Waals surface area contributed by atoms with Crippen LogP contribution in [0.5, 0.6) is 0 Å². The summed E-state index contributed by atoms with van der Waals surface area (Å²) in [4.78, 5) is 12.0. The van der Waals surface area contributed by atoms with Crippen LogP contribution in [0.4, 0.5) is 0 Å². The van der Waals surface area contributed by atoms with E-state index in [1.54, 1.807) is 0 Å². The van der Waals surface area contributed by atoms with Crippen molar-refractivity contribution in [2.75, 3.05) is 0 Å². The highest BCUT2D eigenvalue weighted by atomic mass is 31.0. The molecule has 1 aliphatic rings. The lowest BCUT2D eigenvalue weighted by Crippen LogP contribution is -2.21. The number of hydrogen-bond donors (Lipinski definition) is 0. The third-order valence-corrected chi connectivity index (χ3v) is 4.54. The van der Waals surface area contributed by atoms with Crippen LogP contribution in [0.3, 0.4) is 0 Å². The van der Waals surface area contributed by atoms with Crippen LogP contribution in [0, 0.1) is 11.8 Å². The van der Waals surface area contributed by atoms with Crippen molar-refractivity contribution in [1.82, 2.24) is 0 Å². The minimum Gasteiger partial charge on any atom is -0.458 e. The molecule has 0 heterocycles. The van der Waals surface area contributed by atoms with Gasteiger partial charge in [-0.3, -0.25) is 4.79 Å². The first-order valence-corrected chi connectivity index (χ1v) is 8.61. The number of ether oxygens (including phenoxy) is 1. The SMILES string of the molecule is CC1=CC(OC(=O)C[C@H](C)CCC(OP)C(C)C)CCC1. The third kappa shape index (κ3) is 7.42. The lowest BCUT2D eigenvalue weighted by atomic mass is 9.95. The quantitative estimate of drug-likeness (QED) is 0.371. The zero-order chi connectivity index (χ0) is 15.8. The second kappa shape index (κ2) is 9.58. The molecule has 0 bridgehead atoms. The van der Waals surface area contributed by atoms with Crippen molar-refractivity contribution < 1.29 is 14.1 Å². The maximum absolute atomic E-state index is 12.0. The molecule has 0 aromatic rings. The summed E-state index contributed by atoms with van der Waals surface area (Å²) in [7, 11) is 2.35. The molecular weight excluding hydrogens is 283 g/mol. The molecule has 4 atom stereocenters. The molecule has 0 saturated heterocycles. The number of hydrogen-bond acceptors (Lipinski definition) is 3. The summed E-state index contributed by atoms with van der Waals surface area (Å²) < 4.78 is 11.0. The fourth-order valence-corrected chi connectivity index (χ4v) is 3.22. The highest BCUT2D eigenvalue weighted by Gasteiger charge is 2.19. The predicted molar refractivity (Wildman–Crippen MR) is 89.9 cm³/mol. The molecule has 0 aromatic carbocycles. The van der Waals surface area contributed by atoms with E-state index >= 15 is 0 Å². The van der Waals surface area contributed by atoms with Crippen molar-refractivity contribution >= 4 is 15.4 Å². The first-order chi connectivity index (χ1) is 9.92. The Morgan fingerprint density at radius 3 is 2.67 bits per heavy atom. The average molecular weight is 314 g/mol. The smallest absolute Gasteiger partial charge is 0.306 e. The van der Waals surface area contributed by atoms with E-state index in [1.165, 1.54) is 5.57 Å².